The van der Waals surface area contributed by atoms with Crippen LogP contribution in [0.2, 0.25) is 0 Å². The number of hydrogen-bond acceptors (Lipinski definition) is 2. The van der Waals surface area contributed by atoms with E-state index < -0.39 is 0 Å². The van der Waals surface area contributed by atoms with Crippen LogP contribution < -0.4 is 5.32 Å². The molecular formula is C12H25NO. The third kappa shape index (κ3) is 2.71. The van der Waals surface area contributed by atoms with Gasteiger partial charge in [-0.05, 0) is 58.9 Å². The van der Waals surface area contributed by atoms with Crippen LogP contribution in [0.3, 0.4) is 0 Å². The van der Waals surface area contributed by atoms with Gasteiger partial charge in [0.25, 0.3) is 0 Å². The van der Waals surface area contributed by atoms with Crippen molar-refractivity contribution in [2.45, 2.75) is 58.1 Å². The molecule has 2 nitrogen and oxygen atoms in total. The topological polar surface area (TPSA) is 21.3 Å². The molecule has 0 aromatic rings. The summed E-state index contributed by atoms with van der Waals surface area (Å²) < 4.78 is 5.45. The Morgan fingerprint density at radius 3 is 2.36 bits per heavy atom. The molecule has 0 aromatic heterocycles. The number of nitrogens with one attached hydrogen (secondary N) is 1. The summed E-state index contributed by atoms with van der Waals surface area (Å²) in [6, 6.07) is 0.648. The zero-order valence-electron chi connectivity index (χ0n) is 10.3. The molecule has 1 saturated carbocycles. The molecule has 0 aromatic carbocycles. The summed E-state index contributed by atoms with van der Waals surface area (Å²) in [5.41, 5.74) is 0.619. The molecule has 1 fully saturated rings. The lowest BCUT2D eigenvalue weighted by Gasteiger charge is -2.28. The minimum absolute atomic E-state index is 0.0447. The molecule has 0 amide bonds. The van der Waals surface area contributed by atoms with Crippen LogP contribution in [0.5, 0.6) is 0 Å². The number of hydrogen-bond donors (Lipinski definition) is 1. The van der Waals surface area contributed by atoms with E-state index in [0.717, 1.165) is 6.42 Å². The van der Waals surface area contributed by atoms with Crippen molar-refractivity contribution < 1.29 is 4.74 Å². The van der Waals surface area contributed by atoms with Gasteiger partial charge < -0.3 is 10.1 Å². The van der Waals surface area contributed by atoms with Crippen LogP contribution in [0.1, 0.15) is 46.5 Å². The molecule has 0 radical (unpaired) electrons. The molecule has 0 aliphatic heterocycles. The van der Waals surface area contributed by atoms with Crippen molar-refractivity contribution in [1.29, 1.82) is 0 Å². The van der Waals surface area contributed by atoms with E-state index in [4.69, 9.17) is 4.74 Å². The molecule has 14 heavy (non-hydrogen) atoms. The van der Waals surface area contributed by atoms with Crippen molar-refractivity contribution in [3.63, 3.8) is 0 Å². The predicted octanol–water partition coefficient (Wildman–Crippen LogP) is 2.58. The van der Waals surface area contributed by atoms with Crippen molar-refractivity contribution in [1.82, 2.24) is 5.32 Å². The lowest BCUT2D eigenvalue weighted by molar-refractivity contribution is 0.00799. The number of methoxy groups -OCH3 is 1. The average molecular weight is 199 g/mol. The molecule has 0 bridgehead atoms. The molecule has 84 valence electrons. The Balaban J connectivity index is 2.38. The molecule has 1 unspecified atom stereocenters. The first kappa shape index (κ1) is 12.0. The Morgan fingerprint density at radius 1 is 1.43 bits per heavy atom. The summed E-state index contributed by atoms with van der Waals surface area (Å²) in [6.07, 6.45) is 5.22. The van der Waals surface area contributed by atoms with Crippen LogP contribution in [-0.4, -0.2) is 25.8 Å². The quantitative estimate of drug-likeness (QED) is 0.710. The zero-order valence-corrected chi connectivity index (χ0v) is 10.3. The zero-order chi connectivity index (χ0) is 10.8. The fraction of sp³-hybridized carbons (Fsp3) is 1.00. The van der Waals surface area contributed by atoms with Crippen LogP contribution in [0.4, 0.5) is 0 Å². The highest BCUT2D eigenvalue weighted by Crippen LogP contribution is 2.53. The Hall–Kier alpha value is -0.0800. The van der Waals surface area contributed by atoms with Crippen LogP contribution in [0, 0.1) is 5.41 Å². The lowest BCUT2D eigenvalue weighted by Crippen LogP contribution is -2.34. The van der Waals surface area contributed by atoms with Crippen molar-refractivity contribution in [2.24, 2.45) is 5.41 Å². The van der Waals surface area contributed by atoms with Crippen LogP contribution in [-0.2, 0) is 4.74 Å². The predicted molar refractivity (Wildman–Crippen MR) is 60.5 cm³/mol. The highest BCUT2D eigenvalue weighted by Gasteiger charge is 2.46. The Morgan fingerprint density at radius 2 is 2.00 bits per heavy atom. The second kappa shape index (κ2) is 4.19. The standard InChI is InChI=1S/C12H25NO/c1-10(13-4)12(8-9-12)7-6-11(2,3)14-5/h10,13H,6-9H2,1-5H3. The van der Waals surface area contributed by atoms with Gasteiger partial charge in [0.15, 0.2) is 0 Å². The molecule has 2 heteroatoms. The Bertz CT molecular complexity index is 185. The van der Waals surface area contributed by atoms with E-state index in [9.17, 15) is 0 Å². The molecule has 0 heterocycles. The van der Waals surface area contributed by atoms with Crippen molar-refractivity contribution in [2.75, 3.05) is 14.2 Å². The monoisotopic (exact) mass is 199 g/mol. The fourth-order valence-corrected chi connectivity index (χ4v) is 2.02. The van der Waals surface area contributed by atoms with Gasteiger partial charge in [-0.25, -0.2) is 0 Å². The van der Waals surface area contributed by atoms with Gasteiger partial charge in [-0.1, -0.05) is 0 Å². The Labute approximate surface area is 88.4 Å². The summed E-state index contributed by atoms with van der Waals surface area (Å²) in [5.74, 6) is 0. The van der Waals surface area contributed by atoms with E-state index in [-0.39, 0.29) is 5.60 Å². The highest BCUT2D eigenvalue weighted by molar-refractivity contribution is 5.00. The van der Waals surface area contributed by atoms with Gasteiger partial charge in [0.05, 0.1) is 5.60 Å². The smallest absolute Gasteiger partial charge is 0.0623 e. The van der Waals surface area contributed by atoms with Crippen molar-refractivity contribution in [3.8, 4) is 0 Å². The minimum Gasteiger partial charge on any atom is -0.379 e. The van der Waals surface area contributed by atoms with Gasteiger partial charge >= 0.3 is 0 Å². The van der Waals surface area contributed by atoms with Gasteiger partial charge in [0.2, 0.25) is 0 Å². The average Bonchev–Trinajstić information content (AvgIpc) is 2.95. The van der Waals surface area contributed by atoms with Gasteiger partial charge in [0.1, 0.15) is 0 Å². The minimum atomic E-state index is 0.0447. The third-order valence-corrected chi connectivity index (χ3v) is 4.02. The van der Waals surface area contributed by atoms with E-state index in [1.165, 1.54) is 19.3 Å². The van der Waals surface area contributed by atoms with Crippen LogP contribution in [0.25, 0.3) is 0 Å². The summed E-state index contributed by atoms with van der Waals surface area (Å²) in [5, 5.41) is 3.38. The summed E-state index contributed by atoms with van der Waals surface area (Å²) in [4.78, 5) is 0. The Kier molecular flexibility index (Phi) is 3.59. The first-order valence-corrected chi connectivity index (χ1v) is 5.68. The summed E-state index contributed by atoms with van der Waals surface area (Å²) in [6.45, 7) is 6.65. The van der Waals surface area contributed by atoms with E-state index >= 15 is 0 Å². The van der Waals surface area contributed by atoms with Gasteiger partial charge in [-0.3, -0.25) is 0 Å². The first-order valence-electron chi connectivity index (χ1n) is 5.68. The summed E-state index contributed by atoms with van der Waals surface area (Å²) in [7, 11) is 3.87. The maximum Gasteiger partial charge on any atom is 0.0623 e. The van der Waals surface area contributed by atoms with Gasteiger partial charge in [0, 0.05) is 13.2 Å². The van der Waals surface area contributed by atoms with Crippen molar-refractivity contribution in [3.05, 3.63) is 0 Å². The van der Waals surface area contributed by atoms with Gasteiger partial charge in [-0.15, -0.1) is 0 Å². The normalized spacial score (nSPS) is 22.1. The third-order valence-electron chi connectivity index (χ3n) is 4.02. The first-order chi connectivity index (χ1) is 6.46. The highest BCUT2D eigenvalue weighted by atomic mass is 16.5. The second-order valence-corrected chi connectivity index (χ2v) is 5.34. The van der Waals surface area contributed by atoms with Crippen LogP contribution in [0.15, 0.2) is 0 Å². The molecular weight excluding hydrogens is 174 g/mol. The van der Waals surface area contributed by atoms with E-state index in [0.29, 0.717) is 11.5 Å². The van der Waals surface area contributed by atoms with Crippen LogP contribution >= 0.6 is 0 Å². The van der Waals surface area contributed by atoms with E-state index in [1.54, 1.807) is 7.11 Å². The molecule has 0 spiro atoms. The van der Waals surface area contributed by atoms with E-state index in [1.807, 2.05) is 0 Å². The lowest BCUT2D eigenvalue weighted by atomic mass is 9.87. The SMILES string of the molecule is CNC(C)C1(CCC(C)(C)OC)CC1. The second-order valence-electron chi connectivity index (χ2n) is 5.34. The molecule has 1 rings (SSSR count). The van der Waals surface area contributed by atoms with Crippen molar-refractivity contribution >= 4 is 0 Å². The summed E-state index contributed by atoms with van der Waals surface area (Å²) >= 11 is 0. The molecule has 1 aliphatic rings. The largest absolute Gasteiger partial charge is 0.379 e. The molecule has 1 N–H and O–H groups in total. The molecule has 0 saturated heterocycles. The fourth-order valence-electron chi connectivity index (χ4n) is 2.02. The maximum absolute atomic E-state index is 5.45. The number of rotatable bonds is 6. The molecule has 1 atom stereocenters. The maximum atomic E-state index is 5.45. The number of ether oxygens (including phenoxy) is 1. The van der Waals surface area contributed by atoms with E-state index in [2.05, 4.69) is 33.1 Å². The molecule has 1 aliphatic carbocycles. The van der Waals surface area contributed by atoms with Gasteiger partial charge in [-0.2, -0.15) is 0 Å².